The Kier molecular flexibility index (Phi) is 3210. The molecule has 156 valence electrons. The first-order valence-electron chi connectivity index (χ1n) is 0. The Hall–Kier alpha value is 12.7. The summed E-state index contributed by atoms with van der Waals surface area (Å²) in [5.41, 5.74) is 0. The van der Waals surface area contributed by atoms with Gasteiger partial charge < -0.3 is 108 Å². The Morgan fingerprint density at radius 2 is 0.125 bits per heavy atom. The molecule has 0 aromatic heterocycles. The Morgan fingerprint density at radius 1 is 0.125 bits per heavy atom. The van der Waals surface area contributed by atoms with Crippen LogP contribution in [0.5, 0.6) is 0 Å². The zero-order valence-electron chi connectivity index (χ0n) is 31.9. The SMILES string of the molecule is O.O.O.O.O.O.O.O.O.O.O.O.O.O.O.[H-].[H-].[H-].[H-].[H-].[H-].[H-].[H-].[H-].[H-].[H-].[H-].[H-].[H-].[H-].[H-].[H-].[H-].[Sr+2].[Sr+2].[Sr+2].[Sr+2].[Sr+2].[Sr+2].[Sr+2].[Sr+2].[Sr+2]. The molecule has 0 atom stereocenters. The van der Waals surface area contributed by atoms with E-state index in [2.05, 4.69) is 0 Å². The summed E-state index contributed by atoms with van der Waals surface area (Å²) in [5, 5.41) is 0. The van der Waals surface area contributed by atoms with Gasteiger partial charge in [0.25, 0.3) is 0 Å². The van der Waals surface area contributed by atoms with E-state index in [9.17, 15) is 0 Å². The monoisotopic (exact) mass is 1080 g/mol. The maximum atomic E-state index is 0. The van der Waals surface area contributed by atoms with Crippen LogP contribution >= 0.6 is 0 Å². The van der Waals surface area contributed by atoms with E-state index in [0.29, 0.717) is 0 Å². The van der Waals surface area contributed by atoms with Crippen LogP contribution in [0.4, 0.5) is 0 Å². The van der Waals surface area contributed by atoms with Gasteiger partial charge in [0.15, 0.2) is 0 Å². The molecule has 0 unspecified atom stereocenters. The summed E-state index contributed by atoms with van der Waals surface area (Å²) >= 11 is 0. The standard InChI is InChI=1S/15H2O.9Sr.18H/h15*1H2;;;;;;;;;;;;;;;;;;;;;;;;;;;/q;;;;;;;;;;;;;;;9*+2;18*-1. The minimum Gasteiger partial charge on any atom is -1.00 e. The van der Waals surface area contributed by atoms with Gasteiger partial charge in [-0.3, -0.25) is 0 Å². The van der Waals surface area contributed by atoms with Crippen LogP contribution in [0.2, 0.25) is 0 Å². The predicted molar refractivity (Wildman–Crippen MR) is 126 cm³/mol. The summed E-state index contributed by atoms with van der Waals surface area (Å²) in [7, 11) is 0. The molecule has 0 rings (SSSR count). The van der Waals surface area contributed by atoms with E-state index in [4.69, 9.17) is 0 Å². The molecule has 0 saturated carbocycles. The average Bonchev–Trinajstić information content (AvgIpc) is 0. The van der Waals surface area contributed by atoms with E-state index in [1.54, 1.807) is 0 Å². The minimum absolute atomic E-state index is 0. The van der Waals surface area contributed by atoms with Gasteiger partial charge in [-0.05, 0) is 0 Å². The largest absolute Gasteiger partial charge is 2.00 e. The van der Waals surface area contributed by atoms with Crippen molar-refractivity contribution in [3.8, 4) is 0 Å². The normalized spacial score (nSPS) is 0. The van der Waals surface area contributed by atoms with E-state index in [0.717, 1.165) is 0 Å². The molecular formula is H48O15Sr9. The smallest absolute Gasteiger partial charge is 1.00 e. The van der Waals surface area contributed by atoms with Crippen molar-refractivity contribution in [2.45, 2.75) is 0 Å². The van der Waals surface area contributed by atoms with Gasteiger partial charge in [-0.15, -0.1) is 0 Å². The van der Waals surface area contributed by atoms with Gasteiger partial charge in [0, 0.05) is 0 Å². The third kappa shape index (κ3) is 244. The van der Waals surface area contributed by atoms with Crippen molar-refractivity contribution in [2.75, 3.05) is 0 Å². The molecule has 0 bridgehead atoms. The van der Waals surface area contributed by atoms with Crippen LogP contribution in [0.25, 0.3) is 0 Å². The fourth-order valence-electron chi connectivity index (χ4n) is 0. The molecule has 24 heteroatoms. The summed E-state index contributed by atoms with van der Waals surface area (Å²) in [6.07, 6.45) is 0. The third-order valence-corrected chi connectivity index (χ3v) is 0. The minimum atomic E-state index is 0. The van der Waals surface area contributed by atoms with Crippen molar-refractivity contribution in [1.29, 1.82) is 0 Å². The molecule has 0 saturated heterocycles. The van der Waals surface area contributed by atoms with E-state index >= 15 is 0 Å². The van der Waals surface area contributed by atoms with Crippen molar-refractivity contribution in [3.05, 3.63) is 0 Å². The van der Waals surface area contributed by atoms with Crippen LogP contribution in [0.3, 0.4) is 0 Å². The molecule has 15 nitrogen and oxygen atoms in total. The van der Waals surface area contributed by atoms with Crippen LogP contribution in [0, 0.1) is 0 Å². The molecule has 24 heavy (non-hydrogen) atoms. The topological polar surface area (TPSA) is 472 Å². The van der Waals surface area contributed by atoms with Gasteiger partial charge in [0.2, 0.25) is 0 Å². The van der Waals surface area contributed by atoms with Crippen LogP contribution < -0.4 is 0 Å². The molecule has 0 fully saturated rings. The molecule has 0 amide bonds. The van der Waals surface area contributed by atoms with Crippen LogP contribution in [0.1, 0.15) is 25.7 Å². The molecule has 0 aliphatic rings. The summed E-state index contributed by atoms with van der Waals surface area (Å²) < 4.78 is 0. The molecule has 0 spiro atoms. The molecule has 0 aliphatic heterocycles. The molecule has 0 aliphatic carbocycles. The fraction of sp³-hybridized carbons (Fsp3) is 0. The van der Waals surface area contributed by atoms with Gasteiger partial charge in [-0.25, -0.2) is 0 Å². The molecule has 0 aromatic carbocycles. The summed E-state index contributed by atoms with van der Waals surface area (Å²) in [5.74, 6) is 0. The quantitative estimate of drug-likeness (QED) is 0.204. The Balaban J connectivity index is 0. The molecule has 30 N–H and O–H groups in total. The van der Waals surface area contributed by atoms with Crippen molar-refractivity contribution >= 4 is 409 Å². The third-order valence-electron chi connectivity index (χ3n) is 0. The van der Waals surface area contributed by atoms with E-state index in [-0.39, 0.29) is 517 Å². The van der Waals surface area contributed by atoms with Gasteiger partial charge in [-0.1, -0.05) is 0 Å². The van der Waals surface area contributed by atoms with E-state index in [1.165, 1.54) is 0 Å². The molecule has 0 heterocycles. The van der Waals surface area contributed by atoms with Crippen LogP contribution in [-0.2, 0) is 0 Å². The maximum absolute atomic E-state index is 0. The summed E-state index contributed by atoms with van der Waals surface area (Å²) in [6.45, 7) is 0. The first kappa shape index (κ1) is 289. The van der Waals surface area contributed by atoms with Gasteiger partial charge in [0.1, 0.15) is 0 Å². The first-order chi connectivity index (χ1) is 0. The zero-order valence-corrected chi connectivity index (χ0v) is 45.1. The fourth-order valence-corrected chi connectivity index (χ4v) is 0. The van der Waals surface area contributed by atoms with Gasteiger partial charge in [0.05, 0.1) is 0 Å². The second kappa shape index (κ2) is 266. The molecule has 0 radical (unpaired) electrons. The first-order valence-corrected chi connectivity index (χ1v) is 0. The molecule has 0 aromatic rings. The number of hydrogen-bond acceptors (Lipinski definition) is 0. The van der Waals surface area contributed by atoms with Crippen LogP contribution in [-0.4, -0.2) is 491 Å². The Labute approximate surface area is 501 Å². The van der Waals surface area contributed by atoms with E-state index < -0.39 is 0 Å². The van der Waals surface area contributed by atoms with Crippen molar-refractivity contribution in [1.82, 2.24) is 0 Å². The van der Waals surface area contributed by atoms with Gasteiger partial charge in [-0.2, -0.15) is 0 Å². The maximum Gasteiger partial charge on any atom is 2.00 e. The second-order valence-electron chi connectivity index (χ2n) is 0. The number of rotatable bonds is 0. The number of hydrogen-bond donors (Lipinski definition) is 0. The van der Waals surface area contributed by atoms with Crippen molar-refractivity contribution in [2.24, 2.45) is 0 Å². The summed E-state index contributed by atoms with van der Waals surface area (Å²) in [6, 6.07) is 0. The average molecular weight is 1080 g/mol. The predicted octanol–water partition coefficient (Wildman–Crippen LogP) is -13.8. The Bertz CT molecular complexity index is 64.3. The molecular weight excluding hydrogens is 1030 g/mol. The van der Waals surface area contributed by atoms with E-state index in [1.807, 2.05) is 0 Å². The second-order valence-corrected chi connectivity index (χ2v) is 0. The van der Waals surface area contributed by atoms with Crippen molar-refractivity contribution in [3.63, 3.8) is 0 Å². The summed E-state index contributed by atoms with van der Waals surface area (Å²) in [4.78, 5) is 0. The zero-order chi connectivity index (χ0) is 0. The van der Waals surface area contributed by atoms with Crippen LogP contribution in [0.15, 0.2) is 0 Å². The van der Waals surface area contributed by atoms with Crippen molar-refractivity contribution < 1.29 is 108 Å². The van der Waals surface area contributed by atoms with Gasteiger partial charge >= 0.3 is 409 Å². The Morgan fingerprint density at radius 3 is 0.125 bits per heavy atom.